The molecule has 0 atom stereocenters. The first-order valence-electron chi connectivity index (χ1n) is 0. The van der Waals surface area contributed by atoms with Gasteiger partial charge in [-0.05, 0) is 11.0 Å². The van der Waals surface area contributed by atoms with Gasteiger partial charge in [-0.1, -0.05) is 0 Å². The van der Waals surface area contributed by atoms with Gasteiger partial charge in [0.15, 0.2) is 0 Å². The standard InChI is InChI=1S/CH3.Cr.Mn.H3Si/h1H3;;;1H3/q-1;;;. The van der Waals surface area contributed by atoms with Crippen LogP contribution in [0.2, 0.25) is 0 Å². The van der Waals surface area contributed by atoms with Crippen molar-refractivity contribution in [3.8, 4) is 0 Å². The van der Waals surface area contributed by atoms with E-state index in [0.717, 1.165) is 0 Å². The molecule has 0 aromatic rings. The minimum atomic E-state index is 0. The smallest absolute Gasteiger partial charge is 0 e. The first-order chi connectivity index (χ1) is 0. The van der Waals surface area contributed by atoms with E-state index in [1.54, 1.807) is 0 Å². The molecule has 0 nitrogen and oxygen atoms in total. The zero-order valence-electron chi connectivity index (χ0n) is 2.79. The maximum absolute atomic E-state index is 0. The van der Waals surface area contributed by atoms with Crippen molar-refractivity contribution in [2.75, 3.05) is 0 Å². The fourth-order valence-corrected chi connectivity index (χ4v) is 0. The molecule has 0 aliphatic carbocycles. The molecule has 0 unspecified atom stereocenters. The Labute approximate surface area is 53.0 Å². The second-order valence-electron chi connectivity index (χ2n) is 0. The summed E-state index contributed by atoms with van der Waals surface area (Å²) in [5.41, 5.74) is 0. The maximum atomic E-state index is 0. The minimum Gasteiger partial charge on any atom is -0.358 e. The molecule has 0 aromatic carbocycles. The van der Waals surface area contributed by atoms with Crippen molar-refractivity contribution in [3.63, 3.8) is 0 Å². The zero-order valence-corrected chi connectivity index (χ0v) is 7.24. The van der Waals surface area contributed by atoms with Crippen LogP contribution in [-0.4, -0.2) is 11.0 Å². The molecule has 0 saturated heterocycles. The number of rotatable bonds is 0. The summed E-state index contributed by atoms with van der Waals surface area (Å²) in [6.07, 6.45) is 0. The fourth-order valence-electron chi connectivity index (χ4n) is 0. The molecule has 0 heterocycles. The minimum absolute atomic E-state index is 0. The SMILES string of the molecule is [CH3-].[Cr].[Mn].[SiH3]. The summed E-state index contributed by atoms with van der Waals surface area (Å²) >= 11 is 0. The van der Waals surface area contributed by atoms with Crippen molar-refractivity contribution in [2.24, 2.45) is 0 Å². The molecule has 0 fully saturated rings. The van der Waals surface area contributed by atoms with Crippen LogP contribution in [0.15, 0.2) is 0 Å². The predicted octanol–water partition coefficient (Wildman–Crippen LogP) is -0.739. The van der Waals surface area contributed by atoms with E-state index in [9.17, 15) is 0 Å². The van der Waals surface area contributed by atoms with Crippen LogP contribution in [-0.2, 0) is 34.4 Å². The summed E-state index contributed by atoms with van der Waals surface area (Å²) in [5, 5.41) is 0. The van der Waals surface area contributed by atoms with E-state index < -0.39 is 0 Å². The van der Waals surface area contributed by atoms with Gasteiger partial charge in [0.1, 0.15) is 0 Å². The van der Waals surface area contributed by atoms with E-state index in [4.69, 9.17) is 0 Å². The van der Waals surface area contributed by atoms with Crippen molar-refractivity contribution in [1.82, 2.24) is 0 Å². The number of hydrogen-bond acceptors (Lipinski definition) is 0. The summed E-state index contributed by atoms with van der Waals surface area (Å²) in [6, 6.07) is 0. The van der Waals surface area contributed by atoms with Crippen LogP contribution in [0.3, 0.4) is 0 Å². The fraction of sp³-hybridized carbons (Fsp3) is 0. The Hall–Kier alpha value is 1.27. The Morgan fingerprint density at radius 3 is 1.00 bits per heavy atom. The van der Waals surface area contributed by atoms with E-state index >= 15 is 0 Å². The van der Waals surface area contributed by atoms with Gasteiger partial charge in [0, 0.05) is 34.4 Å². The quantitative estimate of drug-likeness (QED) is 0.317. The number of hydrogen-bond donors (Lipinski definition) is 0. The summed E-state index contributed by atoms with van der Waals surface area (Å²) in [4.78, 5) is 0. The molecule has 4 heavy (non-hydrogen) atoms. The van der Waals surface area contributed by atoms with E-state index in [1.807, 2.05) is 0 Å². The molecule has 0 N–H and O–H groups in total. The summed E-state index contributed by atoms with van der Waals surface area (Å²) in [7, 11) is 0. The van der Waals surface area contributed by atoms with Crippen LogP contribution < -0.4 is 0 Å². The second kappa shape index (κ2) is 28.3. The molecule has 3 heteroatoms. The maximum Gasteiger partial charge on any atom is 0 e. The van der Waals surface area contributed by atoms with Crippen LogP contribution in [0.25, 0.3) is 0 Å². The summed E-state index contributed by atoms with van der Waals surface area (Å²) in [5.74, 6) is 0. The van der Waals surface area contributed by atoms with E-state index in [0.29, 0.717) is 0 Å². The Morgan fingerprint density at radius 1 is 1.00 bits per heavy atom. The molecule has 0 bridgehead atoms. The summed E-state index contributed by atoms with van der Waals surface area (Å²) in [6.45, 7) is 0. The third kappa shape index (κ3) is 10.5. The topological polar surface area (TPSA) is 0 Å². The first-order valence-corrected chi connectivity index (χ1v) is 0. The largest absolute Gasteiger partial charge is 0.358 e. The molecular weight excluding hydrogens is 147 g/mol. The third-order valence-electron chi connectivity index (χ3n) is 0. The van der Waals surface area contributed by atoms with Gasteiger partial charge >= 0.3 is 0 Å². The molecule has 2 radical (unpaired) electrons. The van der Waals surface area contributed by atoms with Crippen LogP contribution in [0.1, 0.15) is 0 Å². The van der Waals surface area contributed by atoms with Crippen molar-refractivity contribution >= 4 is 11.0 Å². The Kier molecular flexibility index (Phi) is 422. The average Bonchev–Trinajstić information content (AvgIpc) is 0. The van der Waals surface area contributed by atoms with E-state index in [2.05, 4.69) is 0 Å². The molecule has 0 amide bonds. The van der Waals surface area contributed by atoms with Crippen molar-refractivity contribution in [2.45, 2.75) is 0 Å². The molecular formula is CH6CrMnSi-. The molecule has 0 spiro atoms. The monoisotopic (exact) mass is 153 g/mol. The average molecular weight is 153 g/mol. The van der Waals surface area contributed by atoms with Gasteiger partial charge in [0.25, 0.3) is 0 Å². The zero-order chi connectivity index (χ0) is 0. The molecule has 28 valence electrons. The van der Waals surface area contributed by atoms with Crippen LogP contribution in [0.5, 0.6) is 0 Å². The van der Waals surface area contributed by atoms with Gasteiger partial charge in [-0.25, -0.2) is 0 Å². The van der Waals surface area contributed by atoms with Crippen molar-refractivity contribution in [3.05, 3.63) is 7.43 Å². The van der Waals surface area contributed by atoms with Crippen molar-refractivity contribution < 1.29 is 34.4 Å². The van der Waals surface area contributed by atoms with Crippen molar-refractivity contribution in [1.29, 1.82) is 0 Å². The second-order valence-corrected chi connectivity index (χ2v) is 0. The molecule has 0 aliphatic heterocycles. The molecule has 0 rings (SSSR count). The summed E-state index contributed by atoms with van der Waals surface area (Å²) < 4.78 is 0. The van der Waals surface area contributed by atoms with Crippen LogP contribution in [0, 0.1) is 7.43 Å². The van der Waals surface area contributed by atoms with Gasteiger partial charge in [-0.3, -0.25) is 0 Å². The van der Waals surface area contributed by atoms with Gasteiger partial charge in [0.2, 0.25) is 0 Å². The normalized spacial score (nSPS) is 0. The van der Waals surface area contributed by atoms with Crippen LogP contribution >= 0.6 is 0 Å². The molecule has 0 saturated carbocycles. The van der Waals surface area contributed by atoms with Gasteiger partial charge in [-0.15, -0.1) is 0 Å². The Bertz CT molecular complexity index is 8.00. The van der Waals surface area contributed by atoms with Gasteiger partial charge in [0.05, 0.1) is 0 Å². The Morgan fingerprint density at radius 2 is 1.00 bits per heavy atom. The van der Waals surface area contributed by atoms with Crippen LogP contribution in [0.4, 0.5) is 0 Å². The van der Waals surface area contributed by atoms with Gasteiger partial charge < -0.3 is 7.43 Å². The van der Waals surface area contributed by atoms with Gasteiger partial charge in [-0.2, -0.15) is 0 Å². The van der Waals surface area contributed by atoms with E-state index in [1.165, 1.54) is 0 Å². The Balaban J connectivity index is 0. The third-order valence-corrected chi connectivity index (χ3v) is 0. The van der Waals surface area contributed by atoms with E-state index in [-0.39, 0.29) is 52.8 Å². The molecule has 0 aromatic heterocycles. The first kappa shape index (κ1) is 59.6. The molecule has 0 aliphatic rings. The predicted molar refractivity (Wildman–Crippen MR) is 16.4 cm³/mol.